The minimum atomic E-state index is -0.817. The summed E-state index contributed by atoms with van der Waals surface area (Å²) >= 11 is 0. The quantitative estimate of drug-likeness (QED) is 0.566. The Labute approximate surface area is 135 Å². The molecule has 0 unspecified atom stereocenters. The predicted molar refractivity (Wildman–Crippen MR) is 88.8 cm³/mol. The molecule has 0 bridgehead atoms. The first kappa shape index (κ1) is 17.3. The number of aryl methyl sites for hydroxylation is 2. The molecule has 0 aromatic heterocycles. The van der Waals surface area contributed by atoms with Crippen LogP contribution >= 0.6 is 0 Å². The molecule has 0 amide bonds. The zero-order valence-electron chi connectivity index (χ0n) is 13.3. The molecule has 0 saturated heterocycles. The first-order valence-corrected chi connectivity index (χ1v) is 7.99. The molecule has 0 spiro atoms. The fourth-order valence-electron chi connectivity index (χ4n) is 2.41. The molecule has 0 nitrogen and oxygen atoms in total. The van der Waals surface area contributed by atoms with E-state index in [2.05, 4.69) is 0 Å². The van der Waals surface area contributed by atoms with E-state index < -0.39 is 11.6 Å². The minimum absolute atomic E-state index is 0.180. The lowest BCUT2D eigenvalue weighted by atomic mass is 10.0. The van der Waals surface area contributed by atoms with Gasteiger partial charge in [-0.2, -0.15) is 0 Å². The summed E-state index contributed by atoms with van der Waals surface area (Å²) in [6.45, 7) is 2.01. The molecule has 0 heterocycles. The lowest BCUT2D eigenvalue weighted by Crippen LogP contribution is -1.93. The second kappa shape index (κ2) is 8.56. The van der Waals surface area contributed by atoms with Crippen LogP contribution in [0.1, 0.15) is 42.9 Å². The fourth-order valence-corrected chi connectivity index (χ4v) is 2.41. The van der Waals surface area contributed by atoms with E-state index in [1.165, 1.54) is 6.07 Å². The van der Waals surface area contributed by atoms with Crippen molar-refractivity contribution in [2.45, 2.75) is 39.0 Å². The third-order valence-corrected chi connectivity index (χ3v) is 3.76. The standard InChI is InChI=1S/C20H21F3/c1-2-3-7-18(21)17-11-8-15(9-12-17)5-4-6-16-10-13-19(22)20(23)14-16/h7-14H,2-6H2,1H3/b18-7+. The summed E-state index contributed by atoms with van der Waals surface area (Å²) in [7, 11) is 0. The van der Waals surface area contributed by atoms with Crippen molar-refractivity contribution in [1.82, 2.24) is 0 Å². The highest BCUT2D eigenvalue weighted by Crippen LogP contribution is 2.19. The van der Waals surface area contributed by atoms with E-state index in [0.717, 1.165) is 42.9 Å². The monoisotopic (exact) mass is 318 g/mol. The summed E-state index contributed by atoms with van der Waals surface area (Å²) in [6.07, 6.45) is 5.61. The van der Waals surface area contributed by atoms with Crippen molar-refractivity contribution in [3.63, 3.8) is 0 Å². The van der Waals surface area contributed by atoms with Gasteiger partial charge in [-0.15, -0.1) is 0 Å². The summed E-state index contributed by atoms with van der Waals surface area (Å²) in [5, 5.41) is 0. The van der Waals surface area contributed by atoms with E-state index >= 15 is 0 Å². The van der Waals surface area contributed by atoms with Gasteiger partial charge in [0.2, 0.25) is 0 Å². The highest BCUT2D eigenvalue weighted by molar-refractivity contribution is 5.59. The fraction of sp³-hybridized carbons (Fsp3) is 0.300. The van der Waals surface area contributed by atoms with Gasteiger partial charge in [0.1, 0.15) is 5.83 Å². The number of unbranched alkanes of at least 4 members (excludes halogenated alkanes) is 1. The van der Waals surface area contributed by atoms with Crippen LogP contribution in [0.4, 0.5) is 13.2 Å². The SMILES string of the molecule is CCC/C=C(/F)c1ccc(CCCc2ccc(F)c(F)c2)cc1. The molecule has 0 aliphatic heterocycles. The van der Waals surface area contributed by atoms with Crippen molar-refractivity contribution in [2.75, 3.05) is 0 Å². The highest BCUT2D eigenvalue weighted by atomic mass is 19.2. The van der Waals surface area contributed by atoms with Gasteiger partial charge in [-0.25, -0.2) is 13.2 Å². The van der Waals surface area contributed by atoms with Crippen LogP contribution in [-0.2, 0) is 12.8 Å². The average molecular weight is 318 g/mol. The van der Waals surface area contributed by atoms with Gasteiger partial charge in [0.15, 0.2) is 11.6 Å². The molecule has 23 heavy (non-hydrogen) atoms. The Morgan fingerprint density at radius 2 is 1.57 bits per heavy atom. The first-order chi connectivity index (χ1) is 11.1. The first-order valence-electron chi connectivity index (χ1n) is 7.99. The smallest absolute Gasteiger partial charge is 0.159 e. The van der Waals surface area contributed by atoms with Crippen molar-refractivity contribution < 1.29 is 13.2 Å². The van der Waals surface area contributed by atoms with Crippen LogP contribution in [0.15, 0.2) is 48.5 Å². The predicted octanol–water partition coefficient (Wildman–Crippen LogP) is 6.25. The summed E-state index contributed by atoms with van der Waals surface area (Å²) in [4.78, 5) is 0. The van der Waals surface area contributed by atoms with Gasteiger partial charge >= 0.3 is 0 Å². The Morgan fingerprint density at radius 3 is 2.22 bits per heavy atom. The molecule has 0 aliphatic carbocycles. The number of benzene rings is 2. The molecule has 0 N–H and O–H groups in total. The maximum Gasteiger partial charge on any atom is 0.159 e. The molecule has 2 aromatic rings. The maximum atomic E-state index is 13.8. The Kier molecular flexibility index (Phi) is 6.45. The summed E-state index contributed by atoms with van der Waals surface area (Å²) in [5.74, 6) is -1.80. The maximum absolute atomic E-state index is 13.8. The van der Waals surface area contributed by atoms with Gasteiger partial charge in [-0.05, 0) is 55.0 Å². The normalized spacial score (nSPS) is 11.7. The van der Waals surface area contributed by atoms with Crippen LogP contribution in [0.25, 0.3) is 5.83 Å². The van der Waals surface area contributed by atoms with E-state index in [0.29, 0.717) is 12.0 Å². The Morgan fingerprint density at radius 1 is 0.913 bits per heavy atom. The second-order valence-electron chi connectivity index (χ2n) is 5.64. The molecule has 3 heteroatoms. The lowest BCUT2D eigenvalue weighted by molar-refractivity contribution is 0.507. The van der Waals surface area contributed by atoms with Crippen LogP contribution in [-0.4, -0.2) is 0 Å². The number of rotatable bonds is 7. The van der Waals surface area contributed by atoms with Gasteiger partial charge in [0, 0.05) is 5.56 Å². The Hall–Kier alpha value is -2.03. The van der Waals surface area contributed by atoms with Crippen LogP contribution < -0.4 is 0 Å². The molecule has 2 aromatic carbocycles. The second-order valence-corrected chi connectivity index (χ2v) is 5.64. The summed E-state index contributed by atoms with van der Waals surface area (Å²) in [6, 6.07) is 11.4. The van der Waals surface area contributed by atoms with Gasteiger partial charge in [0.25, 0.3) is 0 Å². The third kappa shape index (κ3) is 5.27. The van der Waals surface area contributed by atoms with E-state index in [4.69, 9.17) is 0 Å². The topological polar surface area (TPSA) is 0 Å². The minimum Gasteiger partial charge on any atom is -0.207 e. The Balaban J connectivity index is 1.87. The Bertz CT molecular complexity index is 657. The molecule has 2 rings (SSSR count). The lowest BCUT2D eigenvalue weighted by Gasteiger charge is -2.05. The molecule has 0 saturated carbocycles. The number of hydrogen-bond acceptors (Lipinski definition) is 0. The molecule has 0 fully saturated rings. The third-order valence-electron chi connectivity index (χ3n) is 3.76. The molecular formula is C20H21F3. The zero-order chi connectivity index (χ0) is 16.7. The van der Waals surface area contributed by atoms with E-state index in [9.17, 15) is 13.2 Å². The van der Waals surface area contributed by atoms with E-state index in [1.807, 2.05) is 19.1 Å². The van der Waals surface area contributed by atoms with Crippen molar-refractivity contribution in [1.29, 1.82) is 0 Å². The van der Waals surface area contributed by atoms with Crippen molar-refractivity contribution in [3.8, 4) is 0 Å². The van der Waals surface area contributed by atoms with Gasteiger partial charge in [0.05, 0.1) is 0 Å². The molecule has 0 aliphatic rings. The van der Waals surface area contributed by atoms with E-state index in [-0.39, 0.29) is 5.83 Å². The largest absolute Gasteiger partial charge is 0.207 e. The van der Waals surface area contributed by atoms with Crippen LogP contribution in [0.5, 0.6) is 0 Å². The number of halogens is 3. The number of hydrogen-bond donors (Lipinski definition) is 0. The van der Waals surface area contributed by atoms with Crippen molar-refractivity contribution >= 4 is 5.83 Å². The van der Waals surface area contributed by atoms with E-state index in [1.54, 1.807) is 24.3 Å². The van der Waals surface area contributed by atoms with Crippen LogP contribution in [0.3, 0.4) is 0 Å². The molecule has 122 valence electrons. The van der Waals surface area contributed by atoms with Gasteiger partial charge in [-0.1, -0.05) is 43.7 Å². The molecular weight excluding hydrogens is 297 g/mol. The summed E-state index contributed by atoms with van der Waals surface area (Å²) < 4.78 is 39.8. The molecule has 0 atom stereocenters. The summed E-state index contributed by atoms with van der Waals surface area (Å²) in [5.41, 5.74) is 2.50. The number of allylic oxidation sites excluding steroid dienone is 1. The average Bonchev–Trinajstić information content (AvgIpc) is 2.56. The van der Waals surface area contributed by atoms with Crippen molar-refractivity contribution in [3.05, 3.63) is 76.9 Å². The highest BCUT2D eigenvalue weighted by Gasteiger charge is 2.03. The molecule has 0 radical (unpaired) electrons. The van der Waals surface area contributed by atoms with Crippen molar-refractivity contribution in [2.24, 2.45) is 0 Å². The van der Waals surface area contributed by atoms with Crippen LogP contribution in [0, 0.1) is 11.6 Å². The van der Waals surface area contributed by atoms with Gasteiger partial charge < -0.3 is 0 Å². The van der Waals surface area contributed by atoms with Crippen LogP contribution in [0.2, 0.25) is 0 Å². The van der Waals surface area contributed by atoms with Gasteiger partial charge in [-0.3, -0.25) is 0 Å². The zero-order valence-corrected chi connectivity index (χ0v) is 13.3.